The molecule has 3 aromatic rings. The van der Waals surface area contributed by atoms with Crippen molar-refractivity contribution >= 4 is 60.8 Å². The maximum absolute atomic E-state index is 13.0. The van der Waals surface area contributed by atoms with Crippen LogP contribution in [0.15, 0.2) is 70.2 Å². The van der Waals surface area contributed by atoms with Gasteiger partial charge in [0.1, 0.15) is 5.60 Å². The molecule has 0 radical (unpaired) electrons. The fraction of sp³-hybridized carbons (Fsp3) is 0.345. The maximum Gasteiger partial charge on any atom is 0.410 e. The molecule has 1 unspecified atom stereocenters. The number of ether oxygens (including phenoxy) is 1. The minimum Gasteiger partial charge on any atom is -0.444 e. The van der Waals surface area contributed by atoms with Gasteiger partial charge >= 0.3 is 6.09 Å². The van der Waals surface area contributed by atoms with Gasteiger partial charge in [-0.05, 0) is 75.6 Å². The monoisotopic (exact) mass is 609 g/mol. The van der Waals surface area contributed by atoms with Gasteiger partial charge in [-0.15, -0.1) is 0 Å². The maximum atomic E-state index is 13.0. The Bertz CT molecular complexity index is 1630. The Morgan fingerprint density at radius 1 is 1.14 bits per heavy atom. The molecular weight excluding hydrogens is 574 g/mol. The number of nitrogen functional groups attached to an aromatic ring is 1. The molecule has 2 aromatic carbocycles. The third-order valence-electron chi connectivity index (χ3n) is 6.61. The number of allylic oxidation sites excluding steroid dienone is 2. The molecular formula is C29H35N7O4S2. The summed E-state index contributed by atoms with van der Waals surface area (Å²) in [6, 6.07) is 12.3. The third-order valence-corrected chi connectivity index (χ3v) is 9.00. The van der Waals surface area contributed by atoms with E-state index < -0.39 is 21.9 Å². The number of piperidine rings is 1. The first-order valence-electron chi connectivity index (χ1n) is 13.6. The number of sulfonamides is 1. The van der Waals surface area contributed by atoms with E-state index in [9.17, 15) is 13.2 Å². The number of nitrogens with one attached hydrogen (secondary N) is 3. The summed E-state index contributed by atoms with van der Waals surface area (Å²) in [5.74, 6) is 0. The number of benzene rings is 2. The predicted octanol–water partition coefficient (Wildman–Crippen LogP) is 4.52. The molecule has 1 amide bonds. The molecule has 0 spiro atoms. The molecule has 1 atom stereocenters. The van der Waals surface area contributed by atoms with E-state index in [0.717, 1.165) is 27.0 Å². The first-order valence-corrected chi connectivity index (χ1v) is 15.9. The van der Waals surface area contributed by atoms with Crippen LogP contribution in [0.2, 0.25) is 0 Å². The third kappa shape index (κ3) is 7.66. The summed E-state index contributed by atoms with van der Waals surface area (Å²) in [6.45, 7) is 6.33. The highest BCUT2D eigenvalue weighted by Gasteiger charge is 2.29. The molecule has 5 N–H and O–H groups in total. The van der Waals surface area contributed by atoms with Crippen molar-refractivity contribution in [1.29, 1.82) is 0 Å². The van der Waals surface area contributed by atoms with Gasteiger partial charge in [0.25, 0.3) is 0 Å². The second kappa shape index (κ2) is 12.1. The van der Waals surface area contributed by atoms with Gasteiger partial charge in [0, 0.05) is 42.8 Å². The average Bonchev–Trinajstić information content (AvgIpc) is 3.31. The lowest BCUT2D eigenvalue weighted by Crippen LogP contribution is -2.47. The van der Waals surface area contributed by atoms with Crippen LogP contribution < -0.4 is 21.1 Å². The molecule has 0 saturated carbocycles. The van der Waals surface area contributed by atoms with E-state index >= 15 is 0 Å². The summed E-state index contributed by atoms with van der Waals surface area (Å²) in [4.78, 5) is 22.8. The van der Waals surface area contributed by atoms with Crippen molar-refractivity contribution in [2.24, 2.45) is 4.99 Å². The number of hydrogen-bond acceptors (Lipinski definition) is 10. The van der Waals surface area contributed by atoms with Gasteiger partial charge in [-0.2, -0.15) is 0 Å². The first-order chi connectivity index (χ1) is 19.9. The molecule has 0 aliphatic carbocycles. The van der Waals surface area contributed by atoms with E-state index in [1.54, 1.807) is 35.4 Å². The Morgan fingerprint density at radius 2 is 1.88 bits per heavy atom. The highest BCUT2D eigenvalue weighted by atomic mass is 32.2. The zero-order chi connectivity index (χ0) is 29.9. The van der Waals surface area contributed by atoms with Gasteiger partial charge in [0.15, 0.2) is 11.4 Å². The SMILES string of the molecule is CC(C)(C)OC(=O)N1CCC(NS(=O)(=O)c2ccc(NC3N=CC(/C=C/c4ccc5nc(N)sc5c4)=CN3)cc2)CC1. The smallest absolute Gasteiger partial charge is 0.410 e. The number of nitrogens with two attached hydrogens (primary N) is 1. The topological polar surface area (TPSA) is 151 Å². The minimum absolute atomic E-state index is 0.175. The standard InChI is InChI=1S/C29H35N7O4S2/c1-29(2,3)40-28(37)36-14-12-22(13-15-36)35-42(38,39)23-9-7-21(8-10-23)33-27-31-17-20(18-32-27)5-4-19-6-11-24-25(16-19)41-26(30)34-24/h4-11,16-18,22,27,31,33,35H,12-15H2,1-3H3,(H2,30,34)/b5-4+. The molecule has 2 aliphatic heterocycles. The lowest BCUT2D eigenvalue weighted by Gasteiger charge is -2.33. The summed E-state index contributed by atoms with van der Waals surface area (Å²) in [5.41, 5.74) is 8.78. The first kappa shape index (κ1) is 29.5. The summed E-state index contributed by atoms with van der Waals surface area (Å²) >= 11 is 1.46. The second-order valence-corrected chi connectivity index (χ2v) is 13.9. The molecule has 1 aromatic heterocycles. The summed E-state index contributed by atoms with van der Waals surface area (Å²) in [6.07, 6.45) is 7.87. The molecule has 13 heteroatoms. The lowest BCUT2D eigenvalue weighted by atomic mass is 10.1. The number of carbonyl (C=O) groups excluding carboxylic acids is 1. The molecule has 1 saturated heterocycles. The normalized spacial score (nSPS) is 18.2. The van der Waals surface area contributed by atoms with Gasteiger partial charge in [0.05, 0.1) is 15.1 Å². The number of nitrogens with zero attached hydrogens (tertiary/aromatic N) is 3. The lowest BCUT2D eigenvalue weighted by molar-refractivity contribution is 0.0203. The minimum atomic E-state index is -3.71. The van der Waals surface area contributed by atoms with Crippen molar-refractivity contribution < 1.29 is 17.9 Å². The molecule has 3 heterocycles. The number of carbonyl (C=O) groups is 1. The van der Waals surface area contributed by atoms with Crippen LogP contribution in [-0.2, 0) is 14.8 Å². The zero-order valence-corrected chi connectivity index (χ0v) is 25.3. The van der Waals surface area contributed by atoms with Gasteiger partial charge in [-0.25, -0.2) is 27.9 Å². The highest BCUT2D eigenvalue weighted by molar-refractivity contribution is 7.89. The van der Waals surface area contributed by atoms with Gasteiger partial charge in [0.2, 0.25) is 10.0 Å². The molecule has 5 rings (SSSR count). The molecule has 0 bridgehead atoms. The number of aromatic nitrogens is 1. The van der Waals surface area contributed by atoms with E-state index in [4.69, 9.17) is 10.5 Å². The Balaban J connectivity index is 1.10. The Hall–Kier alpha value is -3.94. The number of amides is 1. The number of hydrogen-bond donors (Lipinski definition) is 4. The average molecular weight is 610 g/mol. The molecule has 11 nitrogen and oxygen atoms in total. The van der Waals surface area contributed by atoms with Gasteiger partial charge in [-0.1, -0.05) is 29.6 Å². The fourth-order valence-corrected chi connectivity index (χ4v) is 6.61. The van der Waals surface area contributed by atoms with E-state index in [1.807, 2.05) is 57.3 Å². The van der Waals surface area contributed by atoms with Crippen LogP contribution in [0.5, 0.6) is 0 Å². The van der Waals surface area contributed by atoms with E-state index in [2.05, 4.69) is 25.3 Å². The van der Waals surface area contributed by atoms with Gasteiger partial charge in [-0.3, -0.25) is 0 Å². The van der Waals surface area contributed by atoms with Crippen LogP contribution in [0, 0.1) is 0 Å². The Labute approximate surface area is 249 Å². The van der Waals surface area contributed by atoms with Crippen molar-refractivity contribution in [3.05, 3.63) is 65.9 Å². The number of aliphatic imine (C=N–C) groups is 1. The number of likely N-dealkylation sites (tertiary alicyclic amines) is 1. The van der Waals surface area contributed by atoms with Crippen LogP contribution >= 0.6 is 11.3 Å². The van der Waals surface area contributed by atoms with Crippen LogP contribution in [0.3, 0.4) is 0 Å². The van der Waals surface area contributed by atoms with E-state index in [1.165, 1.54) is 11.3 Å². The van der Waals surface area contributed by atoms with Crippen molar-refractivity contribution in [3.63, 3.8) is 0 Å². The van der Waals surface area contributed by atoms with Crippen molar-refractivity contribution in [1.82, 2.24) is 19.9 Å². The predicted molar refractivity (Wildman–Crippen MR) is 168 cm³/mol. The quantitative estimate of drug-likeness (QED) is 0.305. The zero-order valence-electron chi connectivity index (χ0n) is 23.7. The summed E-state index contributed by atoms with van der Waals surface area (Å²) < 4.78 is 35.2. The fourth-order valence-electron chi connectivity index (χ4n) is 4.52. The molecule has 222 valence electrons. The highest BCUT2D eigenvalue weighted by Crippen LogP contribution is 2.25. The second-order valence-electron chi connectivity index (χ2n) is 11.1. The van der Waals surface area contributed by atoms with Gasteiger partial charge < -0.3 is 26.0 Å². The number of rotatable bonds is 7. The van der Waals surface area contributed by atoms with Crippen LogP contribution in [0.4, 0.5) is 15.6 Å². The summed E-state index contributed by atoms with van der Waals surface area (Å²) in [7, 11) is -3.71. The van der Waals surface area contributed by atoms with Crippen molar-refractivity contribution in [2.75, 3.05) is 24.1 Å². The summed E-state index contributed by atoms with van der Waals surface area (Å²) in [5, 5.41) is 6.98. The van der Waals surface area contributed by atoms with Crippen LogP contribution in [0.1, 0.15) is 39.2 Å². The molecule has 42 heavy (non-hydrogen) atoms. The molecule has 1 fully saturated rings. The number of anilines is 2. The largest absolute Gasteiger partial charge is 0.444 e. The van der Waals surface area contributed by atoms with Crippen LogP contribution in [-0.4, -0.2) is 61.6 Å². The van der Waals surface area contributed by atoms with Crippen molar-refractivity contribution in [3.8, 4) is 0 Å². The van der Waals surface area contributed by atoms with Crippen molar-refractivity contribution in [2.45, 2.75) is 56.4 Å². The molecule has 2 aliphatic rings. The van der Waals surface area contributed by atoms with E-state index in [-0.39, 0.29) is 17.0 Å². The number of thiazole rings is 1. The van der Waals surface area contributed by atoms with Crippen LogP contribution in [0.25, 0.3) is 16.3 Å². The Kier molecular flexibility index (Phi) is 8.53. The number of fused-ring (bicyclic) bond motifs is 1. The Morgan fingerprint density at radius 3 is 2.55 bits per heavy atom. The van der Waals surface area contributed by atoms with E-state index in [0.29, 0.717) is 31.1 Å².